The topological polar surface area (TPSA) is 21.6 Å². The molecule has 1 aromatic heterocycles. The first-order valence-electron chi connectivity index (χ1n) is 3.71. The minimum absolute atomic E-state index is 0.224. The zero-order chi connectivity index (χ0) is 8.39. The normalized spacial score (nSPS) is 22.1. The fourth-order valence-electron chi connectivity index (χ4n) is 1.03. The van der Waals surface area contributed by atoms with Gasteiger partial charge in [0.1, 0.15) is 6.10 Å². The molecule has 0 fully saturated rings. The molecule has 0 radical (unpaired) electrons. The van der Waals surface area contributed by atoms with Crippen LogP contribution in [0.1, 0.15) is 4.88 Å². The highest BCUT2D eigenvalue weighted by Crippen LogP contribution is 2.17. The van der Waals surface area contributed by atoms with Crippen LogP contribution >= 0.6 is 27.3 Å². The maximum Gasteiger partial charge on any atom is 0.226 e. The minimum atomic E-state index is 0.224. The number of halogens is 1. The summed E-state index contributed by atoms with van der Waals surface area (Å²) in [4.78, 5) is 5.43. The summed E-state index contributed by atoms with van der Waals surface area (Å²) in [6, 6.07) is 4.04. The zero-order valence-electron chi connectivity index (χ0n) is 6.37. The second-order valence-electron chi connectivity index (χ2n) is 2.52. The van der Waals surface area contributed by atoms with Crippen LogP contribution < -0.4 is 0 Å². The third-order valence-electron chi connectivity index (χ3n) is 1.62. The molecule has 0 bridgehead atoms. The van der Waals surface area contributed by atoms with E-state index in [9.17, 15) is 0 Å². The fourth-order valence-corrected chi connectivity index (χ4v) is 2.04. The van der Waals surface area contributed by atoms with Gasteiger partial charge in [-0.3, -0.25) is 0 Å². The molecule has 0 N–H and O–H groups in total. The zero-order valence-corrected chi connectivity index (χ0v) is 8.77. The molecule has 0 unspecified atom stereocenters. The molecule has 0 aliphatic carbocycles. The summed E-state index contributed by atoms with van der Waals surface area (Å²) in [6.07, 6.45) is 0.224. The van der Waals surface area contributed by atoms with Crippen molar-refractivity contribution in [3.05, 3.63) is 22.4 Å². The van der Waals surface area contributed by atoms with E-state index in [4.69, 9.17) is 4.74 Å². The van der Waals surface area contributed by atoms with Crippen LogP contribution in [0, 0.1) is 0 Å². The predicted octanol–water partition coefficient (Wildman–Crippen LogP) is 2.29. The number of nitrogens with zero attached hydrogens (tertiary/aromatic N) is 1. The molecule has 4 heteroatoms. The molecule has 0 amide bonds. The molecule has 2 nitrogen and oxygen atoms in total. The first-order valence-corrected chi connectivity index (χ1v) is 5.71. The smallest absolute Gasteiger partial charge is 0.226 e. The van der Waals surface area contributed by atoms with Crippen LogP contribution in [-0.4, -0.2) is 23.9 Å². The Bertz CT molecular complexity index is 283. The highest BCUT2D eigenvalue weighted by molar-refractivity contribution is 9.09. The standard InChI is InChI=1S/C8H8BrNOS/c9-4-6-5-10-8(11-6)7-2-1-3-12-7/h1-3,6H,4-5H2/t6-/m1/s1. The lowest BCUT2D eigenvalue weighted by Gasteiger charge is -2.05. The second-order valence-corrected chi connectivity index (χ2v) is 4.11. The van der Waals surface area contributed by atoms with Gasteiger partial charge in [0, 0.05) is 5.33 Å². The van der Waals surface area contributed by atoms with Gasteiger partial charge in [-0.05, 0) is 11.4 Å². The van der Waals surface area contributed by atoms with Crippen molar-refractivity contribution in [1.82, 2.24) is 0 Å². The number of ether oxygens (including phenoxy) is 1. The van der Waals surface area contributed by atoms with Gasteiger partial charge in [0.2, 0.25) is 5.90 Å². The summed E-state index contributed by atoms with van der Waals surface area (Å²) in [5.74, 6) is 0.800. The van der Waals surface area contributed by atoms with Crippen molar-refractivity contribution < 1.29 is 4.74 Å². The maximum absolute atomic E-state index is 5.57. The Labute approximate surface area is 83.4 Å². The van der Waals surface area contributed by atoms with Crippen molar-refractivity contribution >= 4 is 33.2 Å². The first-order chi connectivity index (χ1) is 5.90. The number of hydrogen-bond acceptors (Lipinski definition) is 3. The van der Waals surface area contributed by atoms with Crippen molar-refractivity contribution in [3.63, 3.8) is 0 Å². The molecule has 0 spiro atoms. The summed E-state index contributed by atoms with van der Waals surface area (Å²) in [5.41, 5.74) is 0. The summed E-state index contributed by atoms with van der Waals surface area (Å²) in [5, 5.41) is 2.88. The molecule has 0 saturated carbocycles. The Hall–Kier alpha value is -0.350. The SMILES string of the molecule is BrC[C@@H]1CN=C(c2cccs2)O1. The van der Waals surface area contributed by atoms with Crippen LogP contribution in [0.15, 0.2) is 22.5 Å². The highest BCUT2D eigenvalue weighted by atomic mass is 79.9. The summed E-state index contributed by atoms with van der Waals surface area (Å²) >= 11 is 5.03. The van der Waals surface area contributed by atoms with Gasteiger partial charge in [-0.15, -0.1) is 11.3 Å². The van der Waals surface area contributed by atoms with Gasteiger partial charge in [0.15, 0.2) is 0 Å². The van der Waals surface area contributed by atoms with Gasteiger partial charge in [0.05, 0.1) is 11.4 Å². The molecule has 2 rings (SSSR count). The van der Waals surface area contributed by atoms with Crippen LogP contribution in [0.5, 0.6) is 0 Å². The summed E-state index contributed by atoms with van der Waals surface area (Å²) in [6.45, 7) is 0.776. The van der Waals surface area contributed by atoms with E-state index in [0.717, 1.165) is 22.6 Å². The van der Waals surface area contributed by atoms with Crippen molar-refractivity contribution in [2.75, 3.05) is 11.9 Å². The van der Waals surface area contributed by atoms with Crippen molar-refractivity contribution in [2.24, 2.45) is 4.99 Å². The van der Waals surface area contributed by atoms with Gasteiger partial charge in [-0.25, -0.2) is 4.99 Å². The molecule has 64 valence electrons. The summed E-state index contributed by atoms with van der Waals surface area (Å²) in [7, 11) is 0. The Morgan fingerprint density at radius 2 is 2.67 bits per heavy atom. The van der Waals surface area contributed by atoms with E-state index in [1.807, 2.05) is 17.5 Å². The van der Waals surface area contributed by atoms with Gasteiger partial charge < -0.3 is 4.74 Å². The number of rotatable bonds is 2. The van der Waals surface area contributed by atoms with Crippen LogP contribution in [0.4, 0.5) is 0 Å². The molecule has 1 aliphatic rings. The second kappa shape index (κ2) is 3.58. The van der Waals surface area contributed by atoms with E-state index >= 15 is 0 Å². The Kier molecular flexibility index (Phi) is 2.46. The number of hydrogen-bond donors (Lipinski definition) is 0. The fraction of sp³-hybridized carbons (Fsp3) is 0.375. The van der Waals surface area contributed by atoms with Crippen molar-refractivity contribution in [2.45, 2.75) is 6.10 Å². The molecular weight excluding hydrogens is 238 g/mol. The Balaban J connectivity index is 2.09. The predicted molar refractivity (Wildman–Crippen MR) is 54.4 cm³/mol. The van der Waals surface area contributed by atoms with Crippen LogP contribution in [0.2, 0.25) is 0 Å². The Morgan fingerprint density at radius 1 is 1.75 bits per heavy atom. The molecule has 1 atom stereocenters. The summed E-state index contributed by atoms with van der Waals surface area (Å²) < 4.78 is 5.57. The lowest BCUT2D eigenvalue weighted by atomic mass is 10.4. The van der Waals surface area contributed by atoms with Crippen molar-refractivity contribution in [3.8, 4) is 0 Å². The lowest BCUT2D eigenvalue weighted by Crippen LogP contribution is -2.14. The van der Waals surface area contributed by atoms with Gasteiger partial charge in [-0.2, -0.15) is 0 Å². The number of aliphatic imine (C=N–C) groups is 1. The Morgan fingerprint density at radius 3 is 3.25 bits per heavy atom. The molecule has 12 heavy (non-hydrogen) atoms. The molecule has 1 aromatic rings. The van der Waals surface area contributed by atoms with Gasteiger partial charge in [-0.1, -0.05) is 22.0 Å². The number of alkyl halides is 1. The average Bonchev–Trinajstić information content (AvgIpc) is 2.75. The molecule has 0 aromatic carbocycles. The molecule has 2 heterocycles. The largest absolute Gasteiger partial charge is 0.471 e. The van der Waals surface area contributed by atoms with E-state index in [-0.39, 0.29) is 6.10 Å². The number of thiophene rings is 1. The monoisotopic (exact) mass is 245 g/mol. The molecule has 1 aliphatic heterocycles. The third-order valence-corrected chi connectivity index (χ3v) is 3.20. The minimum Gasteiger partial charge on any atom is -0.471 e. The van der Waals surface area contributed by atoms with Crippen molar-refractivity contribution in [1.29, 1.82) is 0 Å². The van der Waals surface area contributed by atoms with Gasteiger partial charge in [0.25, 0.3) is 0 Å². The lowest BCUT2D eigenvalue weighted by molar-refractivity contribution is 0.253. The van der Waals surface area contributed by atoms with E-state index in [0.29, 0.717) is 0 Å². The van der Waals surface area contributed by atoms with E-state index in [1.54, 1.807) is 11.3 Å². The van der Waals surface area contributed by atoms with Gasteiger partial charge >= 0.3 is 0 Å². The maximum atomic E-state index is 5.57. The van der Waals surface area contributed by atoms with E-state index < -0.39 is 0 Å². The van der Waals surface area contributed by atoms with Crippen LogP contribution in [0.25, 0.3) is 0 Å². The van der Waals surface area contributed by atoms with Crippen LogP contribution in [-0.2, 0) is 4.74 Å². The first kappa shape index (κ1) is 8.26. The highest BCUT2D eigenvalue weighted by Gasteiger charge is 2.19. The average molecular weight is 246 g/mol. The van der Waals surface area contributed by atoms with Crippen LogP contribution in [0.3, 0.4) is 0 Å². The van der Waals surface area contributed by atoms with E-state index in [1.165, 1.54) is 0 Å². The quantitative estimate of drug-likeness (QED) is 0.733. The molecular formula is C8H8BrNOS. The molecule has 0 saturated heterocycles. The third kappa shape index (κ3) is 1.54. The van der Waals surface area contributed by atoms with E-state index in [2.05, 4.69) is 20.9 Å².